The number of pyridine rings is 2. The van der Waals surface area contributed by atoms with Gasteiger partial charge in [0.2, 0.25) is 0 Å². The van der Waals surface area contributed by atoms with E-state index < -0.39 is 0 Å². The molecule has 0 spiro atoms. The van der Waals surface area contributed by atoms with Gasteiger partial charge in [-0.3, -0.25) is 4.98 Å². The molecule has 0 atom stereocenters. The molecule has 1 aromatic carbocycles. The minimum atomic E-state index is -0.200. The van der Waals surface area contributed by atoms with Gasteiger partial charge < -0.3 is 14.4 Å². The van der Waals surface area contributed by atoms with Gasteiger partial charge in [0.1, 0.15) is 10.6 Å². The normalized spacial score (nSPS) is 19.7. The Labute approximate surface area is 210 Å². The summed E-state index contributed by atoms with van der Waals surface area (Å²) in [6.07, 6.45) is 5.52. The van der Waals surface area contributed by atoms with Crippen molar-refractivity contribution in [3.63, 3.8) is 0 Å². The summed E-state index contributed by atoms with van der Waals surface area (Å²) in [6.45, 7) is 8.26. The second-order valence-electron chi connectivity index (χ2n) is 10.7. The van der Waals surface area contributed by atoms with Crippen molar-refractivity contribution in [2.24, 2.45) is 0 Å². The molecule has 1 aliphatic carbocycles. The van der Waals surface area contributed by atoms with Gasteiger partial charge in [0, 0.05) is 41.7 Å². The van der Waals surface area contributed by atoms with Gasteiger partial charge in [-0.1, -0.05) is 30.3 Å². The Kier molecular flexibility index (Phi) is 5.12. The maximum absolute atomic E-state index is 6.33. The highest BCUT2D eigenvalue weighted by Crippen LogP contribution is 2.47. The Hall–Kier alpha value is -2.54. The molecule has 0 bridgehead atoms. The number of hydrogen-bond donors (Lipinski definition) is 0. The lowest BCUT2D eigenvalue weighted by Gasteiger charge is -2.36. The van der Waals surface area contributed by atoms with Crippen molar-refractivity contribution in [2.75, 3.05) is 31.2 Å². The van der Waals surface area contributed by atoms with Gasteiger partial charge in [0.05, 0.1) is 35.6 Å². The number of aromatic nitrogens is 2. The zero-order valence-corrected chi connectivity index (χ0v) is 21.3. The number of anilines is 1. The van der Waals surface area contributed by atoms with Gasteiger partial charge in [0.25, 0.3) is 0 Å². The largest absolute Gasteiger partial charge is 0.378 e. The summed E-state index contributed by atoms with van der Waals surface area (Å²) in [4.78, 5) is 14.2. The Morgan fingerprint density at radius 2 is 1.74 bits per heavy atom. The average molecular weight is 486 g/mol. The van der Waals surface area contributed by atoms with Crippen LogP contribution in [0, 0.1) is 0 Å². The lowest BCUT2D eigenvalue weighted by Crippen LogP contribution is -2.39. The first-order valence-corrected chi connectivity index (χ1v) is 13.7. The minimum absolute atomic E-state index is 0.200. The number of aryl methyl sites for hydroxylation is 1. The van der Waals surface area contributed by atoms with E-state index in [-0.39, 0.29) is 5.60 Å². The van der Waals surface area contributed by atoms with Crippen LogP contribution in [0.3, 0.4) is 0 Å². The molecule has 1 saturated heterocycles. The highest BCUT2D eigenvalue weighted by atomic mass is 32.1. The lowest BCUT2D eigenvalue weighted by molar-refractivity contribution is -0.0396. The van der Waals surface area contributed by atoms with Crippen LogP contribution in [0.4, 0.5) is 5.82 Å². The van der Waals surface area contributed by atoms with Crippen LogP contribution in [0.1, 0.15) is 49.1 Å². The number of benzene rings is 1. The average Bonchev–Trinajstić information content (AvgIpc) is 3.25. The topological polar surface area (TPSA) is 47.5 Å². The van der Waals surface area contributed by atoms with Crippen molar-refractivity contribution < 1.29 is 9.47 Å². The van der Waals surface area contributed by atoms with Crippen molar-refractivity contribution >= 4 is 37.6 Å². The number of hydrogen-bond acceptors (Lipinski definition) is 6. The molecule has 1 fully saturated rings. The molecule has 35 heavy (non-hydrogen) atoms. The van der Waals surface area contributed by atoms with Gasteiger partial charge in [-0.15, -0.1) is 11.3 Å². The molecule has 180 valence electrons. The monoisotopic (exact) mass is 485 g/mol. The molecule has 2 aliphatic heterocycles. The van der Waals surface area contributed by atoms with Crippen LogP contribution < -0.4 is 4.90 Å². The maximum Gasteiger partial charge on any atom is 0.136 e. The summed E-state index contributed by atoms with van der Waals surface area (Å²) in [7, 11) is 0. The van der Waals surface area contributed by atoms with E-state index in [1.54, 1.807) is 0 Å². The van der Waals surface area contributed by atoms with Gasteiger partial charge in [-0.05, 0) is 56.2 Å². The molecule has 3 aliphatic rings. The fraction of sp³-hybridized carbons (Fsp3) is 0.448. The van der Waals surface area contributed by atoms with E-state index in [0.29, 0.717) is 6.61 Å². The fourth-order valence-corrected chi connectivity index (χ4v) is 7.31. The van der Waals surface area contributed by atoms with Crippen LogP contribution >= 0.6 is 11.3 Å². The zero-order valence-electron chi connectivity index (χ0n) is 20.5. The molecule has 0 N–H and O–H groups in total. The summed E-state index contributed by atoms with van der Waals surface area (Å²) >= 11 is 1.83. The minimum Gasteiger partial charge on any atom is -0.378 e. The standard InChI is InChI=1S/C29H31N3O2S/c1-29(2)16-20-21(17-34-29)27(32-12-14-33-15-13-32)31-28-24(20)25-26(35-28)23(18-8-4-3-5-9-18)19-10-6-7-11-22(19)30-25/h3-5,8-9H,6-7,10-17H2,1-2H3. The smallest absolute Gasteiger partial charge is 0.136 e. The van der Waals surface area contributed by atoms with Crippen LogP contribution in [0.15, 0.2) is 30.3 Å². The van der Waals surface area contributed by atoms with Crippen molar-refractivity contribution in [3.8, 4) is 11.1 Å². The molecular weight excluding hydrogens is 454 g/mol. The Bertz CT molecular complexity index is 1440. The van der Waals surface area contributed by atoms with Crippen LogP contribution in [0.5, 0.6) is 0 Å². The van der Waals surface area contributed by atoms with Crippen molar-refractivity contribution in [1.82, 2.24) is 9.97 Å². The predicted molar refractivity (Wildman–Crippen MR) is 143 cm³/mol. The highest BCUT2D eigenvalue weighted by Gasteiger charge is 2.34. The summed E-state index contributed by atoms with van der Waals surface area (Å²) in [5.41, 5.74) is 9.03. The third-order valence-electron chi connectivity index (χ3n) is 7.81. The van der Waals surface area contributed by atoms with Crippen molar-refractivity contribution in [2.45, 2.75) is 58.2 Å². The van der Waals surface area contributed by atoms with Crippen molar-refractivity contribution in [1.29, 1.82) is 0 Å². The number of ether oxygens (including phenoxy) is 2. The van der Waals surface area contributed by atoms with Gasteiger partial charge in [0.15, 0.2) is 0 Å². The van der Waals surface area contributed by atoms with E-state index in [1.165, 1.54) is 56.4 Å². The summed E-state index contributed by atoms with van der Waals surface area (Å²) in [6, 6.07) is 10.9. The molecule has 5 heterocycles. The molecule has 4 aromatic rings. The van der Waals surface area contributed by atoms with E-state index in [0.717, 1.165) is 61.7 Å². The fourth-order valence-electron chi connectivity index (χ4n) is 6.08. The Balaban J connectivity index is 1.56. The first-order valence-electron chi connectivity index (χ1n) is 12.9. The second-order valence-corrected chi connectivity index (χ2v) is 11.7. The van der Waals surface area contributed by atoms with Gasteiger partial charge >= 0.3 is 0 Å². The van der Waals surface area contributed by atoms with E-state index in [1.807, 2.05) is 11.3 Å². The zero-order chi connectivity index (χ0) is 23.6. The summed E-state index contributed by atoms with van der Waals surface area (Å²) < 4.78 is 13.3. The Morgan fingerprint density at radius 1 is 0.943 bits per heavy atom. The van der Waals surface area contributed by atoms with E-state index in [9.17, 15) is 0 Å². The van der Waals surface area contributed by atoms with Crippen LogP contribution in [0.2, 0.25) is 0 Å². The number of nitrogens with zero attached hydrogens (tertiary/aromatic N) is 3. The first-order chi connectivity index (χ1) is 17.1. The number of thiophene rings is 1. The predicted octanol–water partition coefficient (Wildman–Crippen LogP) is 6.08. The molecule has 7 rings (SSSR count). The quantitative estimate of drug-likeness (QED) is 0.344. The van der Waals surface area contributed by atoms with E-state index in [2.05, 4.69) is 49.1 Å². The van der Waals surface area contributed by atoms with Crippen LogP contribution in [0.25, 0.3) is 31.6 Å². The van der Waals surface area contributed by atoms with E-state index in [4.69, 9.17) is 19.4 Å². The maximum atomic E-state index is 6.33. The van der Waals surface area contributed by atoms with Crippen molar-refractivity contribution in [3.05, 3.63) is 52.7 Å². The number of rotatable bonds is 2. The highest BCUT2D eigenvalue weighted by molar-refractivity contribution is 7.26. The van der Waals surface area contributed by atoms with Gasteiger partial charge in [-0.2, -0.15) is 0 Å². The molecule has 3 aromatic heterocycles. The number of morpholine rings is 1. The first kappa shape index (κ1) is 21.7. The molecular formula is C29H31N3O2S. The number of fused-ring (bicyclic) bond motifs is 6. The van der Waals surface area contributed by atoms with Crippen LogP contribution in [-0.2, 0) is 35.3 Å². The Morgan fingerprint density at radius 3 is 2.57 bits per heavy atom. The summed E-state index contributed by atoms with van der Waals surface area (Å²) in [5.74, 6) is 1.09. The lowest BCUT2D eigenvalue weighted by atomic mass is 9.87. The van der Waals surface area contributed by atoms with Crippen LogP contribution in [-0.4, -0.2) is 41.9 Å². The molecule has 0 unspecified atom stereocenters. The molecule has 6 heteroatoms. The second kappa shape index (κ2) is 8.26. The molecule has 5 nitrogen and oxygen atoms in total. The summed E-state index contributed by atoms with van der Waals surface area (Å²) in [5, 5.41) is 1.26. The van der Waals surface area contributed by atoms with E-state index >= 15 is 0 Å². The molecule has 0 amide bonds. The van der Waals surface area contributed by atoms with Gasteiger partial charge in [-0.25, -0.2) is 4.98 Å². The third kappa shape index (κ3) is 3.57. The molecule has 0 radical (unpaired) electrons. The molecule has 0 saturated carbocycles. The SMILES string of the molecule is CC1(C)Cc2c(c(N3CCOCC3)nc3sc4c(-c5ccccc5)c5c(nc4c23)CCCC5)CO1. The third-order valence-corrected chi connectivity index (χ3v) is 8.90.